The summed E-state index contributed by atoms with van der Waals surface area (Å²) in [7, 11) is 0. The summed E-state index contributed by atoms with van der Waals surface area (Å²) in [5, 5.41) is 4.92. The third kappa shape index (κ3) is 2.78. The second-order valence-corrected chi connectivity index (χ2v) is 5.68. The Hall–Kier alpha value is -1.61. The van der Waals surface area contributed by atoms with Crippen LogP contribution in [-0.4, -0.2) is 35.6 Å². The van der Waals surface area contributed by atoms with Gasteiger partial charge in [0.25, 0.3) is 0 Å². The minimum Gasteiger partial charge on any atom is -0.380 e. The van der Waals surface area contributed by atoms with Crippen molar-refractivity contribution < 1.29 is 0 Å². The van der Waals surface area contributed by atoms with Gasteiger partial charge in [0, 0.05) is 30.2 Å². The standard InChI is InChI=1S/C17H23N3/c1-3-20-11-9-15(10-12-20)19-16-6-4-5-14-8-7-13(2)18-17(14)16/h4-8,15,19H,3,9-12H2,1-2H3. The van der Waals surface area contributed by atoms with E-state index in [2.05, 4.69) is 54.4 Å². The number of nitrogens with zero attached hydrogens (tertiary/aromatic N) is 2. The van der Waals surface area contributed by atoms with E-state index >= 15 is 0 Å². The Balaban J connectivity index is 1.79. The molecule has 2 heterocycles. The summed E-state index contributed by atoms with van der Waals surface area (Å²) < 4.78 is 0. The molecule has 1 aliphatic rings. The van der Waals surface area contributed by atoms with Crippen LogP contribution in [0.25, 0.3) is 10.9 Å². The van der Waals surface area contributed by atoms with Gasteiger partial charge in [0.2, 0.25) is 0 Å². The largest absolute Gasteiger partial charge is 0.380 e. The minimum absolute atomic E-state index is 0.575. The summed E-state index contributed by atoms with van der Waals surface area (Å²) in [6, 6.07) is 11.2. The molecule has 1 N–H and O–H groups in total. The number of benzene rings is 1. The fraction of sp³-hybridized carbons (Fsp3) is 0.471. The molecule has 1 saturated heterocycles. The maximum atomic E-state index is 4.70. The van der Waals surface area contributed by atoms with Crippen LogP contribution in [0.5, 0.6) is 0 Å². The summed E-state index contributed by atoms with van der Waals surface area (Å²) >= 11 is 0. The highest BCUT2D eigenvalue weighted by Crippen LogP contribution is 2.24. The molecule has 1 aliphatic heterocycles. The molecule has 3 rings (SSSR count). The number of anilines is 1. The smallest absolute Gasteiger partial charge is 0.0936 e. The van der Waals surface area contributed by atoms with Crippen molar-refractivity contribution in [2.45, 2.75) is 32.7 Å². The summed E-state index contributed by atoms with van der Waals surface area (Å²) in [6.45, 7) is 7.86. The van der Waals surface area contributed by atoms with E-state index in [1.165, 1.54) is 43.5 Å². The normalized spacial score (nSPS) is 17.5. The Kier molecular flexibility index (Phi) is 3.88. The summed E-state index contributed by atoms with van der Waals surface area (Å²) in [5.74, 6) is 0. The molecule has 3 nitrogen and oxygen atoms in total. The van der Waals surface area contributed by atoms with Gasteiger partial charge in [0.05, 0.1) is 11.2 Å². The summed E-state index contributed by atoms with van der Waals surface area (Å²) in [4.78, 5) is 7.22. The Morgan fingerprint density at radius 2 is 2.00 bits per heavy atom. The first-order valence-electron chi connectivity index (χ1n) is 7.61. The summed E-state index contributed by atoms with van der Waals surface area (Å²) in [6.07, 6.45) is 2.44. The molecule has 0 amide bonds. The number of rotatable bonds is 3. The lowest BCUT2D eigenvalue weighted by atomic mass is 10.0. The number of fused-ring (bicyclic) bond motifs is 1. The van der Waals surface area contributed by atoms with Crippen molar-refractivity contribution in [2.75, 3.05) is 25.0 Å². The van der Waals surface area contributed by atoms with E-state index in [-0.39, 0.29) is 0 Å². The Morgan fingerprint density at radius 3 is 2.75 bits per heavy atom. The molecule has 0 aliphatic carbocycles. The average Bonchev–Trinajstić information content (AvgIpc) is 2.49. The molecule has 0 radical (unpaired) electrons. The van der Waals surface area contributed by atoms with Crippen molar-refractivity contribution in [3.8, 4) is 0 Å². The number of piperidine rings is 1. The predicted molar refractivity (Wildman–Crippen MR) is 85.2 cm³/mol. The van der Waals surface area contributed by atoms with Gasteiger partial charge in [-0.2, -0.15) is 0 Å². The number of hydrogen-bond donors (Lipinski definition) is 1. The van der Waals surface area contributed by atoms with E-state index in [4.69, 9.17) is 4.98 Å². The Morgan fingerprint density at radius 1 is 1.20 bits per heavy atom. The first-order valence-corrected chi connectivity index (χ1v) is 7.61. The molecular formula is C17H23N3. The van der Waals surface area contributed by atoms with E-state index in [1.54, 1.807) is 0 Å². The lowest BCUT2D eigenvalue weighted by molar-refractivity contribution is 0.229. The third-order valence-electron chi connectivity index (χ3n) is 4.25. The highest BCUT2D eigenvalue weighted by atomic mass is 15.1. The van der Waals surface area contributed by atoms with Crippen molar-refractivity contribution in [1.82, 2.24) is 9.88 Å². The third-order valence-corrected chi connectivity index (χ3v) is 4.25. The molecule has 1 aromatic heterocycles. The van der Waals surface area contributed by atoms with E-state index < -0.39 is 0 Å². The van der Waals surface area contributed by atoms with Crippen LogP contribution in [0.2, 0.25) is 0 Å². The van der Waals surface area contributed by atoms with Crippen molar-refractivity contribution in [3.05, 3.63) is 36.0 Å². The van der Waals surface area contributed by atoms with Gasteiger partial charge in [-0.15, -0.1) is 0 Å². The van der Waals surface area contributed by atoms with Gasteiger partial charge in [-0.3, -0.25) is 4.98 Å². The van der Waals surface area contributed by atoms with Crippen LogP contribution in [0.4, 0.5) is 5.69 Å². The molecule has 20 heavy (non-hydrogen) atoms. The van der Waals surface area contributed by atoms with Gasteiger partial charge in [-0.05, 0) is 38.4 Å². The molecule has 106 valence electrons. The number of aryl methyl sites for hydroxylation is 1. The molecular weight excluding hydrogens is 246 g/mol. The van der Waals surface area contributed by atoms with Gasteiger partial charge in [-0.25, -0.2) is 0 Å². The van der Waals surface area contributed by atoms with E-state index in [9.17, 15) is 0 Å². The number of pyridine rings is 1. The van der Waals surface area contributed by atoms with Gasteiger partial charge < -0.3 is 10.2 Å². The van der Waals surface area contributed by atoms with Crippen molar-refractivity contribution in [2.24, 2.45) is 0 Å². The van der Waals surface area contributed by atoms with Crippen LogP contribution in [0.3, 0.4) is 0 Å². The molecule has 3 heteroatoms. The zero-order chi connectivity index (χ0) is 13.9. The lowest BCUT2D eigenvalue weighted by Gasteiger charge is -2.32. The Bertz CT molecular complexity index is 586. The summed E-state index contributed by atoms with van der Waals surface area (Å²) in [5.41, 5.74) is 3.36. The second-order valence-electron chi connectivity index (χ2n) is 5.68. The molecule has 0 saturated carbocycles. The fourth-order valence-corrected chi connectivity index (χ4v) is 2.97. The van der Waals surface area contributed by atoms with Gasteiger partial charge >= 0.3 is 0 Å². The first-order chi connectivity index (χ1) is 9.76. The highest BCUT2D eigenvalue weighted by Gasteiger charge is 2.18. The number of likely N-dealkylation sites (tertiary alicyclic amines) is 1. The van der Waals surface area contributed by atoms with Crippen molar-refractivity contribution in [3.63, 3.8) is 0 Å². The molecule has 0 atom stereocenters. The quantitative estimate of drug-likeness (QED) is 0.925. The van der Waals surface area contributed by atoms with Crippen LogP contribution < -0.4 is 5.32 Å². The average molecular weight is 269 g/mol. The van der Waals surface area contributed by atoms with Crippen LogP contribution in [0, 0.1) is 6.92 Å². The van der Waals surface area contributed by atoms with Crippen LogP contribution >= 0.6 is 0 Å². The monoisotopic (exact) mass is 269 g/mol. The second kappa shape index (κ2) is 5.80. The Labute approximate surface area is 121 Å². The number of hydrogen-bond acceptors (Lipinski definition) is 3. The van der Waals surface area contributed by atoms with Crippen LogP contribution in [0.1, 0.15) is 25.5 Å². The van der Waals surface area contributed by atoms with Crippen LogP contribution in [-0.2, 0) is 0 Å². The van der Waals surface area contributed by atoms with Crippen LogP contribution in [0.15, 0.2) is 30.3 Å². The van der Waals surface area contributed by atoms with Gasteiger partial charge in [-0.1, -0.05) is 25.1 Å². The fourth-order valence-electron chi connectivity index (χ4n) is 2.97. The predicted octanol–water partition coefficient (Wildman–Crippen LogP) is 3.44. The molecule has 2 aromatic rings. The molecule has 0 bridgehead atoms. The van der Waals surface area contributed by atoms with Crippen molar-refractivity contribution >= 4 is 16.6 Å². The highest BCUT2D eigenvalue weighted by molar-refractivity contribution is 5.90. The van der Waals surface area contributed by atoms with Gasteiger partial charge in [0.15, 0.2) is 0 Å². The van der Waals surface area contributed by atoms with Crippen molar-refractivity contribution in [1.29, 1.82) is 0 Å². The number of para-hydroxylation sites is 1. The molecule has 0 spiro atoms. The zero-order valence-electron chi connectivity index (χ0n) is 12.4. The van der Waals surface area contributed by atoms with E-state index in [0.29, 0.717) is 6.04 Å². The minimum atomic E-state index is 0.575. The first kappa shape index (κ1) is 13.4. The van der Waals surface area contributed by atoms with E-state index in [1.807, 2.05) is 0 Å². The topological polar surface area (TPSA) is 28.2 Å². The molecule has 1 aromatic carbocycles. The maximum absolute atomic E-state index is 4.70. The molecule has 0 unspecified atom stereocenters. The van der Waals surface area contributed by atoms with E-state index in [0.717, 1.165) is 11.2 Å². The number of aromatic nitrogens is 1. The molecule has 1 fully saturated rings. The number of nitrogens with one attached hydrogen (secondary N) is 1. The SMILES string of the molecule is CCN1CCC(Nc2cccc3ccc(C)nc23)CC1. The maximum Gasteiger partial charge on any atom is 0.0936 e. The zero-order valence-corrected chi connectivity index (χ0v) is 12.4. The lowest BCUT2D eigenvalue weighted by Crippen LogP contribution is -2.38. The van der Waals surface area contributed by atoms with Gasteiger partial charge in [0.1, 0.15) is 0 Å².